The highest BCUT2D eigenvalue weighted by Gasteiger charge is 2.16. The van der Waals surface area contributed by atoms with Crippen molar-refractivity contribution >= 4 is 15.9 Å². The van der Waals surface area contributed by atoms with Gasteiger partial charge in [0.05, 0.1) is 10.9 Å². The van der Waals surface area contributed by atoms with Gasteiger partial charge in [0.15, 0.2) is 0 Å². The van der Waals surface area contributed by atoms with Crippen molar-refractivity contribution in [3.05, 3.63) is 64.7 Å². The van der Waals surface area contributed by atoms with Gasteiger partial charge in [0.1, 0.15) is 0 Å². The molecule has 2 aromatic rings. The van der Waals surface area contributed by atoms with Gasteiger partial charge in [0.2, 0.25) is 10.0 Å². The minimum atomic E-state index is -3.58. The third kappa shape index (κ3) is 4.01. The number of aryl methyl sites for hydroxylation is 2. The number of hydrogen-bond acceptors (Lipinski definition) is 3. The summed E-state index contributed by atoms with van der Waals surface area (Å²) in [6.07, 6.45) is 0. The SMILES string of the molecule is CNS(=O)(=O)c1cccc(C(=O)N[C@H](C)c2ccc(C)cc2C)c1. The lowest BCUT2D eigenvalue weighted by Gasteiger charge is -2.17. The second-order valence-electron chi connectivity index (χ2n) is 5.79. The first kappa shape index (κ1) is 18.2. The smallest absolute Gasteiger partial charge is 0.251 e. The summed E-state index contributed by atoms with van der Waals surface area (Å²) in [4.78, 5) is 12.5. The molecule has 2 N–H and O–H groups in total. The maximum Gasteiger partial charge on any atom is 0.251 e. The van der Waals surface area contributed by atoms with Gasteiger partial charge in [0, 0.05) is 5.56 Å². The fourth-order valence-corrected chi connectivity index (χ4v) is 3.37. The number of rotatable bonds is 5. The first-order chi connectivity index (χ1) is 11.2. The standard InChI is InChI=1S/C18H22N2O3S/c1-12-8-9-17(13(2)10-12)14(3)20-18(21)15-6-5-7-16(11-15)24(22,23)19-4/h5-11,14,19H,1-4H3,(H,20,21)/t14-/m1/s1. The zero-order chi connectivity index (χ0) is 17.9. The molecular weight excluding hydrogens is 324 g/mol. The number of sulfonamides is 1. The molecule has 1 amide bonds. The molecule has 128 valence electrons. The molecule has 0 radical (unpaired) electrons. The molecule has 0 saturated heterocycles. The van der Waals surface area contributed by atoms with E-state index < -0.39 is 10.0 Å². The highest BCUT2D eigenvalue weighted by atomic mass is 32.2. The number of carbonyl (C=O) groups is 1. The van der Waals surface area contributed by atoms with E-state index in [9.17, 15) is 13.2 Å². The Morgan fingerprint density at radius 2 is 1.79 bits per heavy atom. The van der Waals surface area contributed by atoms with Crippen LogP contribution in [0.25, 0.3) is 0 Å². The van der Waals surface area contributed by atoms with E-state index in [1.165, 1.54) is 24.7 Å². The van der Waals surface area contributed by atoms with E-state index in [1.54, 1.807) is 12.1 Å². The van der Waals surface area contributed by atoms with Crippen molar-refractivity contribution in [1.29, 1.82) is 0 Å². The maximum absolute atomic E-state index is 12.4. The molecule has 6 heteroatoms. The van der Waals surface area contributed by atoms with E-state index in [1.807, 2.05) is 32.9 Å². The summed E-state index contributed by atoms with van der Waals surface area (Å²) in [7, 11) is -2.24. The van der Waals surface area contributed by atoms with Gasteiger partial charge in [-0.05, 0) is 57.1 Å². The van der Waals surface area contributed by atoms with Crippen molar-refractivity contribution in [2.75, 3.05) is 7.05 Å². The molecule has 2 rings (SSSR count). The number of carbonyl (C=O) groups excluding carboxylic acids is 1. The van der Waals surface area contributed by atoms with Gasteiger partial charge in [-0.25, -0.2) is 13.1 Å². The number of benzene rings is 2. The Hall–Kier alpha value is -2.18. The fourth-order valence-electron chi connectivity index (χ4n) is 2.59. The highest BCUT2D eigenvalue weighted by Crippen LogP contribution is 2.19. The second kappa shape index (κ2) is 7.15. The average molecular weight is 346 g/mol. The summed E-state index contributed by atoms with van der Waals surface area (Å²) in [6, 6.07) is 11.9. The third-order valence-corrected chi connectivity index (χ3v) is 5.33. The quantitative estimate of drug-likeness (QED) is 0.874. The van der Waals surface area contributed by atoms with Crippen LogP contribution in [-0.2, 0) is 10.0 Å². The Bertz CT molecular complexity index is 860. The first-order valence-electron chi connectivity index (χ1n) is 7.66. The van der Waals surface area contributed by atoms with Crippen LogP contribution >= 0.6 is 0 Å². The molecular formula is C18H22N2O3S. The molecule has 0 unspecified atom stereocenters. The molecule has 1 atom stereocenters. The molecule has 0 bridgehead atoms. The second-order valence-corrected chi connectivity index (χ2v) is 7.68. The zero-order valence-electron chi connectivity index (χ0n) is 14.3. The summed E-state index contributed by atoms with van der Waals surface area (Å²) < 4.78 is 25.9. The topological polar surface area (TPSA) is 75.3 Å². The molecule has 0 spiro atoms. The number of hydrogen-bond donors (Lipinski definition) is 2. The molecule has 0 aliphatic carbocycles. The largest absolute Gasteiger partial charge is 0.346 e. The van der Waals surface area contributed by atoms with Gasteiger partial charge >= 0.3 is 0 Å². The lowest BCUT2D eigenvalue weighted by molar-refractivity contribution is 0.0939. The van der Waals surface area contributed by atoms with Crippen LogP contribution in [0.4, 0.5) is 0 Å². The Morgan fingerprint density at radius 3 is 2.42 bits per heavy atom. The Kier molecular flexibility index (Phi) is 5.41. The molecule has 0 aromatic heterocycles. The van der Waals surface area contributed by atoms with Crippen LogP contribution in [-0.4, -0.2) is 21.4 Å². The minimum absolute atomic E-state index is 0.0665. The van der Waals surface area contributed by atoms with Crippen molar-refractivity contribution in [2.45, 2.75) is 31.7 Å². The van der Waals surface area contributed by atoms with Gasteiger partial charge in [-0.1, -0.05) is 29.8 Å². The minimum Gasteiger partial charge on any atom is -0.346 e. The van der Waals surface area contributed by atoms with Crippen LogP contribution in [0.3, 0.4) is 0 Å². The normalized spacial score (nSPS) is 12.7. The Morgan fingerprint density at radius 1 is 1.08 bits per heavy atom. The van der Waals surface area contributed by atoms with Gasteiger partial charge in [-0.3, -0.25) is 4.79 Å². The van der Waals surface area contributed by atoms with Crippen molar-refractivity contribution < 1.29 is 13.2 Å². The molecule has 0 aliphatic rings. The Balaban J connectivity index is 2.22. The van der Waals surface area contributed by atoms with Gasteiger partial charge in [-0.2, -0.15) is 0 Å². The van der Waals surface area contributed by atoms with E-state index in [0.717, 1.165) is 11.1 Å². The molecule has 0 saturated carbocycles. The van der Waals surface area contributed by atoms with Crippen molar-refractivity contribution in [1.82, 2.24) is 10.0 Å². The van der Waals surface area contributed by atoms with Crippen LogP contribution in [0, 0.1) is 13.8 Å². The molecule has 2 aromatic carbocycles. The summed E-state index contributed by atoms with van der Waals surface area (Å²) in [5.41, 5.74) is 3.62. The van der Waals surface area contributed by atoms with Gasteiger partial charge in [-0.15, -0.1) is 0 Å². The Labute approximate surface area is 143 Å². The lowest BCUT2D eigenvalue weighted by atomic mass is 10.00. The lowest BCUT2D eigenvalue weighted by Crippen LogP contribution is -2.27. The van der Waals surface area contributed by atoms with Crippen molar-refractivity contribution in [2.24, 2.45) is 0 Å². The fraction of sp³-hybridized carbons (Fsp3) is 0.278. The van der Waals surface area contributed by atoms with Crippen LogP contribution in [0.2, 0.25) is 0 Å². The van der Waals surface area contributed by atoms with E-state index in [4.69, 9.17) is 0 Å². The van der Waals surface area contributed by atoms with Crippen molar-refractivity contribution in [3.8, 4) is 0 Å². The molecule has 0 fully saturated rings. The van der Waals surface area contributed by atoms with E-state index in [0.29, 0.717) is 5.56 Å². The van der Waals surface area contributed by atoms with Crippen LogP contribution in [0.15, 0.2) is 47.4 Å². The third-order valence-electron chi connectivity index (χ3n) is 3.91. The first-order valence-corrected chi connectivity index (χ1v) is 9.14. The van der Waals surface area contributed by atoms with E-state index >= 15 is 0 Å². The summed E-state index contributed by atoms with van der Waals surface area (Å²) in [5, 5.41) is 2.92. The van der Waals surface area contributed by atoms with E-state index in [-0.39, 0.29) is 16.8 Å². The maximum atomic E-state index is 12.4. The summed E-state index contributed by atoms with van der Waals surface area (Å²) >= 11 is 0. The molecule has 24 heavy (non-hydrogen) atoms. The van der Waals surface area contributed by atoms with Crippen LogP contribution in [0.1, 0.15) is 40.0 Å². The predicted molar refractivity (Wildman–Crippen MR) is 94.5 cm³/mol. The summed E-state index contributed by atoms with van der Waals surface area (Å²) in [6.45, 7) is 5.93. The van der Waals surface area contributed by atoms with Crippen LogP contribution < -0.4 is 10.0 Å². The summed E-state index contributed by atoms with van der Waals surface area (Å²) in [5.74, 6) is -0.310. The van der Waals surface area contributed by atoms with E-state index in [2.05, 4.69) is 16.1 Å². The monoisotopic (exact) mass is 346 g/mol. The van der Waals surface area contributed by atoms with Gasteiger partial charge in [0.25, 0.3) is 5.91 Å². The van der Waals surface area contributed by atoms with Crippen molar-refractivity contribution in [3.63, 3.8) is 0 Å². The average Bonchev–Trinajstić information content (AvgIpc) is 2.54. The molecule has 0 heterocycles. The van der Waals surface area contributed by atoms with Crippen LogP contribution in [0.5, 0.6) is 0 Å². The van der Waals surface area contributed by atoms with Gasteiger partial charge < -0.3 is 5.32 Å². The highest BCUT2D eigenvalue weighted by molar-refractivity contribution is 7.89. The number of nitrogens with one attached hydrogen (secondary N) is 2. The zero-order valence-corrected chi connectivity index (χ0v) is 15.1. The predicted octanol–water partition coefficient (Wildman–Crippen LogP) is 2.70. The number of amides is 1. The molecule has 0 aliphatic heterocycles. The molecule has 5 nitrogen and oxygen atoms in total.